The Morgan fingerprint density at radius 3 is 2.40 bits per heavy atom. The summed E-state index contributed by atoms with van der Waals surface area (Å²) in [5.41, 5.74) is 1.20. The summed E-state index contributed by atoms with van der Waals surface area (Å²) in [5, 5.41) is 0. The summed E-state index contributed by atoms with van der Waals surface area (Å²) in [6, 6.07) is 9.95. The van der Waals surface area contributed by atoms with Gasteiger partial charge in [0.15, 0.2) is 0 Å². The molecule has 0 aromatic heterocycles. The molecule has 15 heavy (non-hydrogen) atoms. The van der Waals surface area contributed by atoms with Gasteiger partial charge >= 0.3 is 0 Å². The summed E-state index contributed by atoms with van der Waals surface area (Å²) in [6.45, 7) is 2.21. The molecule has 0 aliphatic heterocycles. The van der Waals surface area contributed by atoms with E-state index < -0.39 is 10.1 Å². The Hall–Kier alpha value is -0.870. The quantitative estimate of drug-likeness (QED) is 0.722. The molecule has 0 saturated heterocycles. The lowest BCUT2D eigenvalue weighted by Crippen LogP contribution is -2.12. The zero-order valence-corrected chi connectivity index (χ0v) is 9.83. The molecule has 0 heterocycles. The van der Waals surface area contributed by atoms with Gasteiger partial charge in [0.2, 0.25) is 0 Å². The highest BCUT2D eigenvalue weighted by molar-refractivity contribution is 7.85. The minimum atomic E-state index is -3.31. The van der Waals surface area contributed by atoms with Crippen molar-refractivity contribution in [3.05, 3.63) is 35.9 Å². The van der Waals surface area contributed by atoms with E-state index in [4.69, 9.17) is 4.18 Å². The summed E-state index contributed by atoms with van der Waals surface area (Å²) in [4.78, 5) is 0. The molecule has 0 fully saturated rings. The monoisotopic (exact) mass is 228 g/mol. The second-order valence-corrected chi connectivity index (χ2v) is 5.43. The van der Waals surface area contributed by atoms with Crippen LogP contribution >= 0.6 is 0 Å². The van der Waals surface area contributed by atoms with Crippen LogP contribution < -0.4 is 0 Å². The van der Waals surface area contributed by atoms with E-state index in [0.717, 1.165) is 12.7 Å². The van der Waals surface area contributed by atoms with E-state index in [1.165, 1.54) is 5.56 Å². The zero-order chi connectivity index (χ0) is 11.3. The fourth-order valence-electron chi connectivity index (χ4n) is 1.32. The average molecular weight is 228 g/mol. The standard InChI is InChI=1S/C11H16O3S/c1-10(9-14-15(2,12)13)8-11-6-4-3-5-7-11/h3-7,10H,8-9H2,1-2H3/t10-/m1/s1. The lowest BCUT2D eigenvalue weighted by Gasteiger charge is -2.10. The van der Waals surface area contributed by atoms with Gasteiger partial charge in [-0.1, -0.05) is 37.3 Å². The molecule has 1 aromatic rings. The maximum absolute atomic E-state index is 10.8. The Labute approximate surface area is 91.2 Å². The molecule has 1 aromatic carbocycles. The molecule has 0 radical (unpaired) electrons. The van der Waals surface area contributed by atoms with Crippen molar-refractivity contribution in [3.8, 4) is 0 Å². The summed E-state index contributed by atoms with van der Waals surface area (Å²) in [6.07, 6.45) is 1.90. The molecule has 0 aliphatic carbocycles. The number of hydrogen-bond acceptors (Lipinski definition) is 3. The summed E-state index contributed by atoms with van der Waals surface area (Å²) < 4.78 is 26.3. The smallest absolute Gasteiger partial charge is 0.264 e. The van der Waals surface area contributed by atoms with Crippen LogP contribution in [0.2, 0.25) is 0 Å². The van der Waals surface area contributed by atoms with E-state index in [1.54, 1.807) is 0 Å². The van der Waals surface area contributed by atoms with Gasteiger partial charge in [-0.2, -0.15) is 8.42 Å². The van der Waals surface area contributed by atoms with Crippen molar-refractivity contribution < 1.29 is 12.6 Å². The Bertz CT molecular complexity index is 384. The Kier molecular flexibility index (Phi) is 4.29. The van der Waals surface area contributed by atoms with Gasteiger partial charge in [-0.15, -0.1) is 0 Å². The predicted molar refractivity (Wildman–Crippen MR) is 60.1 cm³/mol. The molecule has 0 saturated carbocycles. The van der Waals surface area contributed by atoms with E-state index in [9.17, 15) is 8.42 Å². The topological polar surface area (TPSA) is 43.4 Å². The van der Waals surface area contributed by atoms with Gasteiger partial charge < -0.3 is 0 Å². The van der Waals surface area contributed by atoms with Gasteiger partial charge in [0, 0.05) is 0 Å². The maximum Gasteiger partial charge on any atom is 0.264 e. The lowest BCUT2D eigenvalue weighted by molar-refractivity contribution is 0.266. The van der Waals surface area contributed by atoms with Crippen LogP contribution in [0.3, 0.4) is 0 Å². The lowest BCUT2D eigenvalue weighted by atomic mass is 10.0. The van der Waals surface area contributed by atoms with Crippen LogP contribution in [0, 0.1) is 5.92 Å². The van der Waals surface area contributed by atoms with Crippen LogP contribution in [0.15, 0.2) is 30.3 Å². The van der Waals surface area contributed by atoms with Crippen molar-refractivity contribution in [3.63, 3.8) is 0 Å². The van der Waals surface area contributed by atoms with Crippen LogP contribution in [0.5, 0.6) is 0 Å². The van der Waals surface area contributed by atoms with Gasteiger partial charge in [0.1, 0.15) is 0 Å². The van der Waals surface area contributed by atoms with Crippen molar-refractivity contribution in [2.45, 2.75) is 13.3 Å². The third-order valence-electron chi connectivity index (χ3n) is 1.99. The molecule has 3 nitrogen and oxygen atoms in total. The van der Waals surface area contributed by atoms with Crippen molar-refractivity contribution in [2.75, 3.05) is 12.9 Å². The van der Waals surface area contributed by atoms with E-state index in [0.29, 0.717) is 0 Å². The first kappa shape index (κ1) is 12.2. The van der Waals surface area contributed by atoms with Crippen molar-refractivity contribution in [1.82, 2.24) is 0 Å². The van der Waals surface area contributed by atoms with Crippen LogP contribution in [0.25, 0.3) is 0 Å². The molecular weight excluding hydrogens is 212 g/mol. The van der Waals surface area contributed by atoms with Crippen LogP contribution in [0.1, 0.15) is 12.5 Å². The van der Waals surface area contributed by atoms with Gasteiger partial charge in [0.05, 0.1) is 12.9 Å². The van der Waals surface area contributed by atoms with Gasteiger partial charge in [-0.3, -0.25) is 4.18 Å². The van der Waals surface area contributed by atoms with E-state index in [-0.39, 0.29) is 12.5 Å². The molecule has 1 rings (SSSR count). The van der Waals surface area contributed by atoms with Crippen molar-refractivity contribution >= 4 is 10.1 Å². The Balaban J connectivity index is 2.40. The minimum absolute atomic E-state index is 0.196. The predicted octanol–water partition coefficient (Wildman–Crippen LogP) is 1.84. The molecule has 0 aliphatic rings. The highest BCUT2D eigenvalue weighted by atomic mass is 32.2. The van der Waals surface area contributed by atoms with Gasteiger partial charge in [-0.25, -0.2) is 0 Å². The number of benzene rings is 1. The first-order valence-electron chi connectivity index (χ1n) is 4.86. The highest BCUT2D eigenvalue weighted by Crippen LogP contribution is 2.09. The van der Waals surface area contributed by atoms with E-state index in [2.05, 4.69) is 0 Å². The first-order valence-corrected chi connectivity index (χ1v) is 6.67. The van der Waals surface area contributed by atoms with Crippen LogP contribution in [-0.2, 0) is 20.7 Å². The third kappa shape index (κ3) is 5.54. The van der Waals surface area contributed by atoms with Crippen molar-refractivity contribution in [2.24, 2.45) is 5.92 Å². The average Bonchev–Trinajstić information content (AvgIpc) is 2.15. The highest BCUT2D eigenvalue weighted by Gasteiger charge is 2.08. The van der Waals surface area contributed by atoms with Gasteiger partial charge in [0.25, 0.3) is 10.1 Å². The summed E-state index contributed by atoms with van der Waals surface area (Å²) >= 11 is 0. The molecule has 0 spiro atoms. The molecule has 0 bridgehead atoms. The maximum atomic E-state index is 10.8. The van der Waals surface area contributed by atoms with Crippen LogP contribution in [0.4, 0.5) is 0 Å². The molecule has 1 atom stereocenters. The summed E-state index contributed by atoms with van der Waals surface area (Å²) in [5.74, 6) is 0.196. The fourth-order valence-corrected chi connectivity index (χ4v) is 1.79. The second-order valence-electron chi connectivity index (χ2n) is 3.78. The Morgan fingerprint density at radius 2 is 1.87 bits per heavy atom. The fraction of sp³-hybridized carbons (Fsp3) is 0.455. The third-order valence-corrected chi connectivity index (χ3v) is 2.56. The molecule has 84 valence electrons. The largest absolute Gasteiger partial charge is 0.270 e. The Morgan fingerprint density at radius 1 is 1.27 bits per heavy atom. The minimum Gasteiger partial charge on any atom is -0.270 e. The molecular formula is C11H16O3S. The molecule has 0 N–H and O–H groups in total. The zero-order valence-electron chi connectivity index (χ0n) is 9.01. The number of hydrogen-bond donors (Lipinski definition) is 0. The van der Waals surface area contributed by atoms with E-state index >= 15 is 0 Å². The van der Waals surface area contributed by atoms with E-state index in [1.807, 2.05) is 37.3 Å². The SMILES string of the molecule is C[C@@H](COS(C)(=O)=O)Cc1ccccc1. The second kappa shape index (κ2) is 5.28. The normalized spacial score (nSPS) is 13.7. The van der Waals surface area contributed by atoms with Crippen LogP contribution in [-0.4, -0.2) is 21.3 Å². The molecule has 4 heteroatoms. The van der Waals surface area contributed by atoms with Crippen molar-refractivity contribution in [1.29, 1.82) is 0 Å². The number of rotatable bonds is 5. The van der Waals surface area contributed by atoms with Gasteiger partial charge in [-0.05, 0) is 17.9 Å². The first-order chi connectivity index (χ1) is 6.97. The summed E-state index contributed by atoms with van der Waals surface area (Å²) in [7, 11) is -3.31. The molecule has 0 unspecified atom stereocenters. The molecule has 0 amide bonds.